The van der Waals surface area contributed by atoms with Crippen LogP contribution < -0.4 is 10.1 Å². The average molecular weight is 373 g/mol. The van der Waals surface area contributed by atoms with E-state index in [4.69, 9.17) is 9.72 Å². The second-order valence-electron chi connectivity index (χ2n) is 7.13. The Labute approximate surface area is 164 Å². The number of rotatable bonds is 4. The molecule has 2 heterocycles. The summed E-state index contributed by atoms with van der Waals surface area (Å²) in [6.07, 6.45) is 4.00. The number of anilines is 2. The van der Waals surface area contributed by atoms with E-state index in [0.717, 1.165) is 65.5 Å². The highest BCUT2D eigenvalue weighted by atomic mass is 16.5. The Kier molecular flexibility index (Phi) is 4.74. The van der Waals surface area contributed by atoms with Crippen molar-refractivity contribution in [3.05, 3.63) is 58.4 Å². The number of hydrogen-bond acceptors (Lipinski definition) is 5. The van der Waals surface area contributed by atoms with Crippen LogP contribution in [0.25, 0.3) is 5.82 Å². The topological polar surface area (TPSA) is 75.8 Å². The number of ether oxygens (including phenoxy) is 1. The molecule has 0 saturated heterocycles. The molecule has 142 valence electrons. The van der Waals surface area contributed by atoms with Gasteiger partial charge < -0.3 is 10.1 Å². The first-order valence-electron chi connectivity index (χ1n) is 9.51. The third-order valence-electron chi connectivity index (χ3n) is 5.15. The van der Waals surface area contributed by atoms with Crippen molar-refractivity contribution in [3.63, 3.8) is 0 Å². The van der Waals surface area contributed by atoms with Crippen molar-refractivity contribution >= 4 is 11.5 Å². The van der Waals surface area contributed by atoms with Crippen LogP contribution in [0.4, 0.5) is 11.5 Å². The maximum absolute atomic E-state index is 9.90. The summed E-state index contributed by atoms with van der Waals surface area (Å²) in [7, 11) is 1.64. The summed E-state index contributed by atoms with van der Waals surface area (Å²) in [5.74, 6) is 2.14. The molecule has 0 fully saturated rings. The monoisotopic (exact) mass is 373 g/mol. The molecule has 0 bridgehead atoms. The molecule has 4 rings (SSSR count). The molecule has 0 atom stereocenters. The van der Waals surface area contributed by atoms with Gasteiger partial charge in [0, 0.05) is 23.0 Å². The van der Waals surface area contributed by atoms with Crippen molar-refractivity contribution in [2.75, 3.05) is 12.4 Å². The van der Waals surface area contributed by atoms with Crippen molar-refractivity contribution in [3.8, 4) is 17.6 Å². The number of fused-ring (bicyclic) bond motifs is 1. The van der Waals surface area contributed by atoms with Gasteiger partial charge in [-0.2, -0.15) is 10.4 Å². The quantitative estimate of drug-likeness (QED) is 0.734. The maximum atomic E-state index is 9.90. The summed E-state index contributed by atoms with van der Waals surface area (Å²) < 4.78 is 7.21. The summed E-state index contributed by atoms with van der Waals surface area (Å²) in [6.45, 7) is 4.01. The third kappa shape index (κ3) is 3.20. The third-order valence-corrected chi connectivity index (χ3v) is 5.15. The smallest absolute Gasteiger partial charge is 0.159 e. The molecule has 0 radical (unpaired) electrons. The molecule has 6 nitrogen and oxygen atoms in total. The number of nitrogens with zero attached hydrogens (tertiary/aromatic N) is 4. The van der Waals surface area contributed by atoms with Gasteiger partial charge >= 0.3 is 0 Å². The van der Waals surface area contributed by atoms with Crippen LogP contribution >= 0.6 is 0 Å². The predicted octanol–water partition coefficient (Wildman–Crippen LogP) is 4.39. The standard InChI is InChI=1S/C22H23N5O/c1-14-11-15(2)27(26-14)22-19-10-5-4-9-18(19)20(13-23)21(25-22)24-16-7-6-8-17(12-16)28-3/h6-8,11-12H,4-5,9-10H2,1-3H3,(H,24,25). The Morgan fingerprint density at radius 1 is 1.14 bits per heavy atom. The number of pyridine rings is 1. The number of nitriles is 1. The molecule has 0 spiro atoms. The Bertz CT molecular complexity index is 1080. The molecule has 0 amide bonds. The molecule has 0 saturated carbocycles. The van der Waals surface area contributed by atoms with E-state index in [2.05, 4.69) is 16.5 Å². The fraction of sp³-hybridized carbons (Fsp3) is 0.318. The zero-order valence-electron chi connectivity index (χ0n) is 16.4. The van der Waals surface area contributed by atoms with Crippen molar-refractivity contribution in [1.29, 1.82) is 5.26 Å². The van der Waals surface area contributed by atoms with Gasteiger partial charge in [0.05, 0.1) is 18.4 Å². The van der Waals surface area contributed by atoms with E-state index in [1.54, 1.807) is 7.11 Å². The average Bonchev–Trinajstić information content (AvgIpc) is 3.05. The largest absolute Gasteiger partial charge is 0.497 e. The number of aromatic nitrogens is 3. The molecule has 1 aliphatic carbocycles. The highest BCUT2D eigenvalue weighted by molar-refractivity contribution is 5.69. The second-order valence-corrected chi connectivity index (χ2v) is 7.13. The number of hydrogen-bond donors (Lipinski definition) is 1. The van der Waals surface area contributed by atoms with Crippen LogP contribution in [-0.2, 0) is 12.8 Å². The number of nitrogens with one attached hydrogen (secondary N) is 1. The minimum Gasteiger partial charge on any atom is -0.497 e. The fourth-order valence-electron chi connectivity index (χ4n) is 3.87. The molecule has 1 aliphatic rings. The van der Waals surface area contributed by atoms with Crippen LogP contribution in [0.15, 0.2) is 30.3 Å². The molecule has 2 aromatic heterocycles. The molecule has 0 aliphatic heterocycles. The molecule has 28 heavy (non-hydrogen) atoms. The lowest BCUT2D eigenvalue weighted by atomic mass is 9.89. The zero-order chi connectivity index (χ0) is 19.7. The molecule has 3 aromatic rings. The van der Waals surface area contributed by atoms with Gasteiger partial charge in [-0.15, -0.1) is 0 Å². The van der Waals surface area contributed by atoms with E-state index in [1.807, 2.05) is 48.9 Å². The van der Waals surface area contributed by atoms with Gasteiger partial charge in [0.2, 0.25) is 0 Å². The lowest BCUT2D eigenvalue weighted by Crippen LogP contribution is -2.16. The van der Waals surface area contributed by atoms with Crippen molar-refractivity contribution in [2.45, 2.75) is 39.5 Å². The molecule has 0 unspecified atom stereocenters. The van der Waals surface area contributed by atoms with Gasteiger partial charge in [0.1, 0.15) is 11.8 Å². The van der Waals surface area contributed by atoms with Gasteiger partial charge in [0.15, 0.2) is 11.6 Å². The Morgan fingerprint density at radius 3 is 2.61 bits per heavy atom. The highest BCUT2D eigenvalue weighted by Gasteiger charge is 2.24. The molecule has 1 aromatic carbocycles. The van der Waals surface area contributed by atoms with Gasteiger partial charge in [-0.3, -0.25) is 0 Å². The fourth-order valence-corrected chi connectivity index (χ4v) is 3.87. The zero-order valence-corrected chi connectivity index (χ0v) is 16.4. The second kappa shape index (κ2) is 7.35. The van der Waals surface area contributed by atoms with Crippen molar-refractivity contribution < 1.29 is 4.74 Å². The summed E-state index contributed by atoms with van der Waals surface area (Å²) in [4.78, 5) is 4.88. The normalized spacial score (nSPS) is 12.9. The van der Waals surface area contributed by atoms with E-state index < -0.39 is 0 Å². The van der Waals surface area contributed by atoms with E-state index in [0.29, 0.717) is 11.4 Å². The Balaban J connectivity index is 1.89. The molecular formula is C22H23N5O. The minimum atomic E-state index is 0.568. The lowest BCUT2D eigenvalue weighted by molar-refractivity contribution is 0.415. The lowest BCUT2D eigenvalue weighted by Gasteiger charge is -2.23. The van der Waals surface area contributed by atoms with Crippen LogP contribution in [0.3, 0.4) is 0 Å². The van der Waals surface area contributed by atoms with Crippen LogP contribution in [0.5, 0.6) is 5.75 Å². The molecule has 1 N–H and O–H groups in total. The number of aryl methyl sites for hydroxylation is 2. The Morgan fingerprint density at radius 2 is 1.93 bits per heavy atom. The van der Waals surface area contributed by atoms with E-state index >= 15 is 0 Å². The van der Waals surface area contributed by atoms with Crippen LogP contribution in [0, 0.1) is 25.2 Å². The first-order chi connectivity index (χ1) is 13.6. The first kappa shape index (κ1) is 18.1. The van der Waals surface area contributed by atoms with Crippen LogP contribution in [0.2, 0.25) is 0 Å². The van der Waals surface area contributed by atoms with Gasteiger partial charge in [0.25, 0.3) is 0 Å². The maximum Gasteiger partial charge on any atom is 0.159 e. The molecule has 6 heteroatoms. The van der Waals surface area contributed by atoms with Crippen molar-refractivity contribution in [1.82, 2.24) is 14.8 Å². The minimum absolute atomic E-state index is 0.568. The number of benzene rings is 1. The van der Waals surface area contributed by atoms with Crippen LogP contribution in [0.1, 0.15) is 40.9 Å². The van der Waals surface area contributed by atoms with Gasteiger partial charge in [-0.25, -0.2) is 9.67 Å². The summed E-state index contributed by atoms with van der Waals surface area (Å²) >= 11 is 0. The van der Waals surface area contributed by atoms with Gasteiger partial charge in [-0.05, 0) is 63.3 Å². The van der Waals surface area contributed by atoms with E-state index in [-0.39, 0.29) is 0 Å². The van der Waals surface area contributed by atoms with E-state index in [1.165, 1.54) is 0 Å². The predicted molar refractivity (Wildman–Crippen MR) is 108 cm³/mol. The SMILES string of the molecule is COc1cccc(Nc2nc(-n3nc(C)cc3C)c3c(c2C#N)CCCC3)c1. The number of methoxy groups -OCH3 is 1. The summed E-state index contributed by atoms with van der Waals surface area (Å²) in [5, 5.41) is 17.9. The summed E-state index contributed by atoms with van der Waals surface area (Å²) in [6, 6.07) is 12.1. The highest BCUT2D eigenvalue weighted by Crippen LogP contribution is 2.34. The summed E-state index contributed by atoms with van der Waals surface area (Å²) in [5.41, 5.74) is 5.69. The van der Waals surface area contributed by atoms with Crippen molar-refractivity contribution in [2.24, 2.45) is 0 Å². The van der Waals surface area contributed by atoms with Gasteiger partial charge in [-0.1, -0.05) is 6.07 Å². The molecular weight excluding hydrogens is 350 g/mol. The van der Waals surface area contributed by atoms with E-state index in [9.17, 15) is 5.26 Å². The van der Waals surface area contributed by atoms with Crippen LogP contribution in [-0.4, -0.2) is 21.9 Å². The Hall–Kier alpha value is -3.33. The first-order valence-corrected chi connectivity index (χ1v) is 9.51.